The van der Waals surface area contributed by atoms with Crippen molar-refractivity contribution in [1.29, 1.82) is 0 Å². The van der Waals surface area contributed by atoms with E-state index in [4.69, 9.17) is 4.74 Å². The van der Waals surface area contributed by atoms with Crippen LogP contribution in [0.2, 0.25) is 0 Å². The number of alkyl halides is 3. The van der Waals surface area contributed by atoms with Crippen LogP contribution in [0, 0.1) is 0 Å². The molecule has 0 aliphatic carbocycles. The molecule has 7 heteroatoms. The first-order valence-electron chi connectivity index (χ1n) is 9.48. The highest BCUT2D eigenvalue weighted by atomic mass is 79.9. The molecule has 1 aromatic heterocycles. The van der Waals surface area contributed by atoms with Crippen molar-refractivity contribution in [3.63, 3.8) is 0 Å². The van der Waals surface area contributed by atoms with Crippen molar-refractivity contribution in [2.24, 2.45) is 0 Å². The molecular formula is C22H24BrF3N2O. The van der Waals surface area contributed by atoms with Crippen LogP contribution in [0.5, 0.6) is 11.6 Å². The van der Waals surface area contributed by atoms with E-state index in [0.717, 1.165) is 48.2 Å². The number of hydrogen-bond donors (Lipinski definition) is 0. The van der Waals surface area contributed by atoms with E-state index < -0.39 is 11.7 Å². The number of aromatic nitrogens is 1. The minimum absolute atomic E-state index is 0.123. The third-order valence-electron chi connectivity index (χ3n) is 5.00. The molecule has 3 rings (SSSR count). The largest absolute Gasteiger partial charge is 0.439 e. The molecule has 1 aliphatic rings. The van der Waals surface area contributed by atoms with Crippen LogP contribution in [0.4, 0.5) is 13.2 Å². The van der Waals surface area contributed by atoms with Gasteiger partial charge in [-0.1, -0.05) is 33.6 Å². The molecule has 0 atom stereocenters. The molecule has 0 radical (unpaired) electrons. The molecule has 29 heavy (non-hydrogen) atoms. The summed E-state index contributed by atoms with van der Waals surface area (Å²) in [6, 6.07) is 9.67. The topological polar surface area (TPSA) is 25.4 Å². The summed E-state index contributed by atoms with van der Waals surface area (Å²) in [4.78, 5) is 6.24. The van der Waals surface area contributed by atoms with Gasteiger partial charge in [0.1, 0.15) is 5.75 Å². The highest BCUT2D eigenvalue weighted by molar-refractivity contribution is 9.15. The summed E-state index contributed by atoms with van der Waals surface area (Å²) >= 11 is 3.73. The number of halogens is 4. The highest BCUT2D eigenvalue weighted by Crippen LogP contribution is 2.35. The van der Waals surface area contributed by atoms with Gasteiger partial charge in [-0.2, -0.15) is 13.2 Å². The van der Waals surface area contributed by atoms with Gasteiger partial charge in [-0.15, -0.1) is 0 Å². The maximum Gasteiger partial charge on any atom is 0.417 e. The summed E-state index contributed by atoms with van der Waals surface area (Å²) in [6.07, 6.45) is -1.65. The Morgan fingerprint density at radius 2 is 1.76 bits per heavy atom. The van der Waals surface area contributed by atoms with Gasteiger partial charge < -0.3 is 4.74 Å². The van der Waals surface area contributed by atoms with Gasteiger partial charge in [0.15, 0.2) is 0 Å². The lowest BCUT2D eigenvalue weighted by atomic mass is 9.96. The minimum atomic E-state index is -4.41. The Hall–Kier alpha value is -1.86. The lowest BCUT2D eigenvalue weighted by molar-refractivity contribution is -0.137. The van der Waals surface area contributed by atoms with E-state index in [1.165, 1.54) is 11.6 Å². The Kier molecular flexibility index (Phi) is 6.39. The van der Waals surface area contributed by atoms with Crippen molar-refractivity contribution in [2.45, 2.75) is 45.3 Å². The number of nitrogens with zero attached hydrogens (tertiary/aromatic N) is 2. The predicted molar refractivity (Wildman–Crippen MR) is 112 cm³/mol. The molecule has 156 valence electrons. The van der Waals surface area contributed by atoms with Gasteiger partial charge in [-0.05, 0) is 57.4 Å². The van der Waals surface area contributed by atoms with Crippen LogP contribution in [0.3, 0.4) is 0 Å². The van der Waals surface area contributed by atoms with Crippen LogP contribution in [0.25, 0.3) is 4.48 Å². The van der Waals surface area contributed by atoms with Gasteiger partial charge in [0.25, 0.3) is 0 Å². The highest BCUT2D eigenvalue weighted by Gasteiger charge is 2.30. The van der Waals surface area contributed by atoms with E-state index in [1.807, 2.05) is 18.2 Å². The normalized spacial score (nSPS) is 16.0. The molecule has 2 aromatic rings. The lowest BCUT2D eigenvalue weighted by Crippen LogP contribution is -2.44. The monoisotopic (exact) mass is 468 g/mol. The number of rotatable bonds is 3. The Morgan fingerprint density at radius 3 is 2.31 bits per heavy atom. The predicted octanol–water partition coefficient (Wildman–Crippen LogP) is 6.89. The van der Waals surface area contributed by atoms with E-state index in [-0.39, 0.29) is 11.4 Å². The number of ether oxygens (including phenoxy) is 1. The van der Waals surface area contributed by atoms with Gasteiger partial charge >= 0.3 is 6.18 Å². The SMILES string of the molecule is CC(C)(C)N1CCC(=C(Br)c2cccc(Oc3ccc(C(F)(F)F)cn3)c2)CC1. The summed E-state index contributed by atoms with van der Waals surface area (Å²) in [5.74, 6) is 0.650. The van der Waals surface area contributed by atoms with Gasteiger partial charge in [0.05, 0.1) is 5.56 Å². The first-order valence-corrected chi connectivity index (χ1v) is 10.3. The maximum atomic E-state index is 12.7. The Balaban J connectivity index is 1.73. The van der Waals surface area contributed by atoms with Crippen molar-refractivity contribution in [1.82, 2.24) is 9.88 Å². The van der Waals surface area contributed by atoms with Crippen LogP contribution in [-0.4, -0.2) is 28.5 Å². The fraction of sp³-hybridized carbons (Fsp3) is 0.409. The molecule has 0 amide bonds. The zero-order valence-electron chi connectivity index (χ0n) is 16.7. The van der Waals surface area contributed by atoms with Gasteiger partial charge in [0, 0.05) is 35.4 Å². The molecule has 0 spiro atoms. The van der Waals surface area contributed by atoms with Crippen LogP contribution in [0.1, 0.15) is 44.7 Å². The average molecular weight is 469 g/mol. The van der Waals surface area contributed by atoms with Gasteiger partial charge in [-0.3, -0.25) is 4.90 Å². The quantitative estimate of drug-likeness (QED) is 0.490. The van der Waals surface area contributed by atoms with E-state index in [0.29, 0.717) is 5.75 Å². The van der Waals surface area contributed by atoms with Crippen molar-refractivity contribution >= 4 is 20.4 Å². The number of pyridine rings is 1. The number of piperidine rings is 1. The summed E-state index contributed by atoms with van der Waals surface area (Å²) in [5, 5.41) is 0. The van der Waals surface area contributed by atoms with Gasteiger partial charge in [-0.25, -0.2) is 4.98 Å². The van der Waals surface area contributed by atoms with E-state index >= 15 is 0 Å². The molecule has 0 saturated carbocycles. The molecule has 2 heterocycles. The lowest BCUT2D eigenvalue weighted by Gasteiger charge is -2.39. The molecule has 1 fully saturated rings. The minimum Gasteiger partial charge on any atom is -0.439 e. The molecule has 1 aliphatic heterocycles. The smallest absolute Gasteiger partial charge is 0.417 e. The Bertz CT molecular complexity index is 876. The Labute approximate surface area is 177 Å². The summed E-state index contributed by atoms with van der Waals surface area (Å²) < 4.78 is 44.7. The number of benzene rings is 1. The molecule has 3 nitrogen and oxygen atoms in total. The number of hydrogen-bond acceptors (Lipinski definition) is 3. The fourth-order valence-electron chi connectivity index (χ4n) is 3.30. The van der Waals surface area contributed by atoms with Crippen molar-refractivity contribution in [3.05, 3.63) is 59.3 Å². The van der Waals surface area contributed by atoms with Gasteiger partial charge in [0.2, 0.25) is 5.88 Å². The van der Waals surface area contributed by atoms with Crippen LogP contribution < -0.4 is 4.74 Å². The summed E-state index contributed by atoms with van der Waals surface area (Å²) in [7, 11) is 0. The molecular weight excluding hydrogens is 445 g/mol. The van der Waals surface area contributed by atoms with Crippen LogP contribution in [0.15, 0.2) is 48.2 Å². The molecule has 1 aromatic carbocycles. The zero-order valence-corrected chi connectivity index (χ0v) is 18.3. The first-order chi connectivity index (χ1) is 13.5. The molecule has 1 saturated heterocycles. The maximum absolute atomic E-state index is 12.7. The van der Waals surface area contributed by atoms with E-state index in [9.17, 15) is 13.2 Å². The fourth-order valence-corrected chi connectivity index (χ4v) is 3.94. The number of likely N-dealkylation sites (tertiary alicyclic amines) is 1. The second-order valence-corrected chi connectivity index (χ2v) is 8.88. The molecule has 0 N–H and O–H groups in total. The third kappa shape index (κ3) is 5.60. The standard InChI is InChI=1S/C22H24BrF3N2O/c1-21(2,3)28-11-9-15(10-12-28)20(23)16-5-4-6-18(13-16)29-19-8-7-17(14-27-19)22(24,25)26/h4-8,13-14H,9-12H2,1-3H3. The second kappa shape index (κ2) is 8.48. The van der Waals surface area contributed by atoms with Crippen LogP contribution in [-0.2, 0) is 6.18 Å². The zero-order chi connectivity index (χ0) is 21.2. The molecule has 0 unspecified atom stereocenters. The van der Waals surface area contributed by atoms with Crippen molar-refractivity contribution in [2.75, 3.05) is 13.1 Å². The first kappa shape index (κ1) is 21.8. The second-order valence-electron chi connectivity index (χ2n) is 8.09. The average Bonchev–Trinajstić information content (AvgIpc) is 2.67. The van der Waals surface area contributed by atoms with Crippen molar-refractivity contribution < 1.29 is 17.9 Å². The molecule has 0 bridgehead atoms. The Morgan fingerprint density at radius 1 is 1.07 bits per heavy atom. The van der Waals surface area contributed by atoms with E-state index in [2.05, 4.69) is 46.6 Å². The van der Waals surface area contributed by atoms with Crippen molar-refractivity contribution in [3.8, 4) is 11.6 Å². The summed E-state index contributed by atoms with van der Waals surface area (Å²) in [5.41, 5.74) is 1.71. The summed E-state index contributed by atoms with van der Waals surface area (Å²) in [6.45, 7) is 8.71. The van der Waals surface area contributed by atoms with Crippen LogP contribution >= 0.6 is 15.9 Å². The van der Waals surface area contributed by atoms with E-state index in [1.54, 1.807) is 6.07 Å². The third-order valence-corrected chi connectivity index (χ3v) is 6.02.